The third-order valence-electron chi connectivity index (χ3n) is 4.17. The Balaban J connectivity index is 1.87. The first kappa shape index (κ1) is 15.1. The van der Waals surface area contributed by atoms with Crippen LogP contribution in [0.25, 0.3) is 16.3 Å². The molecule has 0 amide bonds. The monoisotopic (exact) mass is 333 g/mol. The predicted molar refractivity (Wildman–Crippen MR) is 94.1 cm³/mol. The van der Waals surface area contributed by atoms with Gasteiger partial charge in [0.1, 0.15) is 11.8 Å². The fraction of sp³-hybridized carbons (Fsp3) is 0.111. The second-order valence-corrected chi connectivity index (χ2v) is 5.59. The largest absolute Gasteiger partial charge is 0.465 e. The molecule has 0 atom stereocenters. The zero-order chi connectivity index (χ0) is 17.4. The number of hydrogen-bond donors (Lipinski definition) is 1. The van der Waals surface area contributed by atoms with Crippen molar-refractivity contribution in [2.45, 2.75) is 6.92 Å². The van der Waals surface area contributed by atoms with Crippen LogP contribution in [0.5, 0.6) is 0 Å². The third-order valence-corrected chi connectivity index (χ3v) is 4.17. The molecule has 4 rings (SSSR count). The van der Waals surface area contributed by atoms with Gasteiger partial charge in [0.2, 0.25) is 0 Å². The van der Waals surface area contributed by atoms with Gasteiger partial charge in [-0.05, 0) is 24.6 Å². The van der Waals surface area contributed by atoms with Gasteiger partial charge in [-0.1, -0.05) is 12.1 Å². The van der Waals surface area contributed by atoms with Crippen LogP contribution in [0, 0.1) is 6.92 Å². The van der Waals surface area contributed by atoms with E-state index in [0.29, 0.717) is 11.4 Å². The lowest BCUT2D eigenvalue weighted by Gasteiger charge is -2.10. The molecule has 0 radical (unpaired) electrons. The molecule has 0 aliphatic heterocycles. The molecule has 1 aromatic carbocycles. The van der Waals surface area contributed by atoms with Crippen LogP contribution >= 0.6 is 0 Å². The maximum absolute atomic E-state index is 11.9. The SMILES string of the molecule is COC(=O)c1cn2ncnc(Nc3cccc4cnccc34)c2c1C. The van der Waals surface area contributed by atoms with Crippen molar-refractivity contribution >= 4 is 33.8 Å². The van der Waals surface area contributed by atoms with Gasteiger partial charge in [-0.2, -0.15) is 5.10 Å². The number of esters is 1. The van der Waals surface area contributed by atoms with E-state index in [-0.39, 0.29) is 0 Å². The van der Waals surface area contributed by atoms with Crippen molar-refractivity contribution in [1.82, 2.24) is 19.6 Å². The molecular formula is C18H15N5O2. The third kappa shape index (κ3) is 2.46. The Hall–Kier alpha value is -3.48. The highest BCUT2D eigenvalue weighted by Gasteiger charge is 2.18. The highest BCUT2D eigenvalue weighted by atomic mass is 16.5. The average Bonchev–Trinajstić information content (AvgIpc) is 2.99. The number of ether oxygens (including phenoxy) is 1. The first-order valence-electron chi connectivity index (χ1n) is 7.70. The highest BCUT2D eigenvalue weighted by molar-refractivity contribution is 5.98. The Morgan fingerprint density at radius 3 is 3.00 bits per heavy atom. The van der Waals surface area contributed by atoms with Crippen LogP contribution in [-0.4, -0.2) is 32.7 Å². The van der Waals surface area contributed by atoms with Crippen molar-refractivity contribution in [3.63, 3.8) is 0 Å². The van der Waals surface area contributed by atoms with Gasteiger partial charge in [-0.15, -0.1) is 0 Å². The van der Waals surface area contributed by atoms with Crippen molar-refractivity contribution in [1.29, 1.82) is 0 Å². The Bertz CT molecular complexity index is 1100. The molecule has 1 N–H and O–H groups in total. The first-order valence-corrected chi connectivity index (χ1v) is 7.70. The molecule has 4 aromatic rings. The van der Waals surface area contributed by atoms with E-state index in [1.807, 2.05) is 37.4 Å². The number of pyridine rings is 1. The molecule has 7 heteroatoms. The highest BCUT2D eigenvalue weighted by Crippen LogP contribution is 2.29. The minimum Gasteiger partial charge on any atom is -0.465 e. The smallest absolute Gasteiger partial charge is 0.339 e. The molecule has 0 unspecified atom stereocenters. The maximum atomic E-state index is 11.9. The van der Waals surface area contributed by atoms with Crippen LogP contribution in [-0.2, 0) is 4.74 Å². The van der Waals surface area contributed by atoms with Crippen LogP contribution in [0.15, 0.2) is 49.2 Å². The number of fused-ring (bicyclic) bond motifs is 2. The van der Waals surface area contributed by atoms with Crippen molar-refractivity contribution in [3.05, 3.63) is 60.3 Å². The van der Waals surface area contributed by atoms with Crippen molar-refractivity contribution < 1.29 is 9.53 Å². The number of rotatable bonds is 3. The number of nitrogens with zero attached hydrogens (tertiary/aromatic N) is 4. The van der Waals surface area contributed by atoms with Gasteiger partial charge in [0.05, 0.1) is 12.7 Å². The van der Waals surface area contributed by atoms with Gasteiger partial charge in [-0.3, -0.25) is 4.98 Å². The minimum absolute atomic E-state index is 0.398. The number of nitrogens with one attached hydrogen (secondary N) is 1. The number of carbonyl (C=O) groups is 1. The van der Waals surface area contributed by atoms with Crippen molar-refractivity contribution in [3.8, 4) is 0 Å². The summed E-state index contributed by atoms with van der Waals surface area (Å²) in [5.74, 6) is 0.220. The second kappa shape index (κ2) is 5.86. The number of hydrogen-bond acceptors (Lipinski definition) is 6. The van der Waals surface area contributed by atoms with Crippen LogP contribution in [0.2, 0.25) is 0 Å². The second-order valence-electron chi connectivity index (χ2n) is 5.59. The van der Waals surface area contributed by atoms with E-state index in [4.69, 9.17) is 4.74 Å². The quantitative estimate of drug-likeness (QED) is 0.580. The van der Waals surface area contributed by atoms with Gasteiger partial charge >= 0.3 is 5.97 Å². The number of aromatic nitrogens is 4. The van der Waals surface area contributed by atoms with Crippen molar-refractivity contribution in [2.24, 2.45) is 0 Å². The summed E-state index contributed by atoms with van der Waals surface area (Å²) in [6.45, 7) is 1.85. The molecule has 0 saturated heterocycles. The number of anilines is 2. The summed E-state index contributed by atoms with van der Waals surface area (Å²) < 4.78 is 6.46. The topological polar surface area (TPSA) is 81.4 Å². The predicted octanol–water partition coefficient (Wildman–Crippen LogP) is 3.12. The van der Waals surface area contributed by atoms with Crippen LogP contribution in [0.1, 0.15) is 15.9 Å². The number of aryl methyl sites for hydroxylation is 1. The summed E-state index contributed by atoms with van der Waals surface area (Å²) in [4.78, 5) is 20.4. The fourth-order valence-electron chi connectivity index (χ4n) is 2.93. The van der Waals surface area contributed by atoms with Gasteiger partial charge in [0.15, 0.2) is 5.82 Å². The number of methoxy groups -OCH3 is 1. The Morgan fingerprint density at radius 2 is 2.16 bits per heavy atom. The lowest BCUT2D eigenvalue weighted by Crippen LogP contribution is -2.01. The molecule has 7 nitrogen and oxygen atoms in total. The fourth-order valence-corrected chi connectivity index (χ4v) is 2.93. The molecule has 3 aromatic heterocycles. The van der Waals surface area contributed by atoms with Gasteiger partial charge in [0, 0.05) is 35.1 Å². The lowest BCUT2D eigenvalue weighted by atomic mass is 10.1. The summed E-state index contributed by atoms with van der Waals surface area (Å²) in [5, 5.41) is 9.60. The summed E-state index contributed by atoms with van der Waals surface area (Å²) in [6.07, 6.45) is 6.66. The van der Waals surface area contributed by atoms with E-state index in [1.54, 1.807) is 16.9 Å². The molecule has 0 bridgehead atoms. The van der Waals surface area contributed by atoms with Crippen LogP contribution in [0.4, 0.5) is 11.5 Å². The lowest BCUT2D eigenvalue weighted by molar-refractivity contribution is 0.0600. The molecule has 0 spiro atoms. The summed E-state index contributed by atoms with van der Waals surface area (Å²) >= 11 is 0. The first-order chi connectivity index (χ1) is 12.2. The number of carbonyl (C=O) groups excluding carboxylic acids is 1. The van der Waals surface area contributed by atoms with E-state index >= 15 is 0 Å². The molecule has 0 aliphatic rings. The standard InChI is InChI=1S/C18H15N5O2/c1-11-14(18(24)25-2)9-23-16(11)17(20-10-21-23)22-15-5-3-4-12-8-19-7-6-13(12)15/h3-10H,1-2H3,(H,20,21,22). The van der Waals surface area contributed by atoms with Gasteiger partial charge < -0.3 is 10.1 Å². The van der Waals surface area contributed by atoms with Crippen molar-refractivity contribution in [2.75, 3.05) is 12.4 Å². The Labute approximate surface area is 143 Å². The van der Waals surface area contributed by atoms with Crippen LogP contribution < -0.4 is 5.32 Å². The molecular weight excluding hydrogens is 318 g/mol. The van der Waals surface area contributed by atoms with E-state index in [1.165, 1.54) is 13.4 Å². The zero-order valence-corrected chi connectivity index (χ0v) is 13.7. The van der Waals surface area contributed by atoms with E-state index in [0.717, 1.165) is 27.5 Å². The van der Waals surface area contributed by atoms with E-state index in [9.17, 15) is 4.79 Å². The average molecular weight is 333 g/mol. The molecule has 0 saturated carbocycles. The maximum Gasteiger partial charge on any atom is 0.339 e. The Morgan fingerprint density at radius 1 is 1.28 bits per heavy atom. The number of benzene rings is 1. The molecule has 0 fully saturated rings. The molecule has 0 aliphatic carbocycles. The summed E-state index contributed by atoms with van der Waals surface area (Å²) in [7, 11) is 1.36. The molecule has 124 valence electrons. The van der Waals surface area contributed by atoms with E-state index in [2.05, 4.69) is 20.4 Å². The Kier molecular flexibility index (Phi) is 3.53. The minimum atomic E-state index is -0.398. The van der Waals surface area contributed by atoms with Gasteiger partial charge in [0.25, 0.3) is 0 Å². The van der Waals surface area contributed by atoms with Crippen LogP contribution in [0.3, 0.4) is 0 Å². The van der Waals surface area contributed by atoms with E-state index < -0.39 is 5.97 Å². The molecule has 25 heavy (non-hydrogen) atoms. The van der Waals surface area contributed by atoms with Gasteiger partial charge in [-0.25, -0.2) is 14.3 Å². The normalized spacial score (nSPS) is 11.0. The zero-order valence-electron chi connectivity index (χ0n) is 13.7. The summed E-state index contributed by atoms with van der Waals surface area (Å²) in [5.41, 5.74) is 2.86. The molecule has 3 heterocycles. The summed E-state index contributed by atoms with van der Waals surface area (Å²) in [6, 6.07) is 7.87.